The van der Waals surface area contributed by atoms with Gasteiger partial charge in [-0.15, -0.1) is 0 Å². The molecule has 1 aromatic heterocycles. The summed E-state index contributed by atoms with van der Waals surface area (Å²) in [7, 11) is 0. The minimum absolute atomic E-state index is 0.0369. The van der Waals surface area contributed by atoms with Crippen molar-refractivity contribution in [1.29, 1.82) is 0 Å². The van der Waals surface area contributed by atoms with Gasteiger partial charge in [-0.3, -0.25) is 4.79 Å². The molecular formula is C13H13F2NO2. The molecule has 0 fully saturated rings. The fourth-order valence-corrected chi connectivity index (χ4v) is 1.97. The van der Waals surface area contributed by atoms with Crippen LogP contribution < -0.4 is 10.3 Å². The van der Waals surface area contributed by atoms with Gasteiger partial charge in [0, 0.05) is 17.1 Å². The molecule has 0 aliphatic heterocycles. The van der Waals surface area contributed by atoms with Crippen molar-refractivity contribution in [3.63, 3.8) is 0 Å². The molecule has 0 radical (unpaired) electrons. The highest BCUT2D eigenvalue weighted by atomic mass is 19.1. The Bertz CT molecular complexity index is 635. The van der Waals surface area contributed by atoms with E-state index in [2.05, 4.69) is 4.98 Å². The van der Waals surface area contributed by atoms with Gasteiger partial charge >= 0.3 is 0 Å². The molecule has 2 aromatic rings. The van der Waals surface area contributed by atoms with Crippen LogP contribution in [0.2, 0.25) is 0 Å². The minimum atomic E-state index is -1.12. The number of pyridine rings is 1. The maximum Gasteiger partial charge on any atom is 0.248 e. The van der Waals surface area contributed by atoms with Crippen LogP contribution in [0.15, 0.2) is 23.0 Å². The van der Waals surface area contributed by atoms with Gasteiger partial charge < -0.3 is 9.72 Å². The van der Waals surface area contributed by atoms with E-state index in [9.17, 15) is 13.6 Å². The molecule has 0 aliphatic rings. The van der Waals surface area contributed by atoms with Crippen molar-refractivity contribution in [2.45, 2.75) is 19.8 Å². The Hall–Kier alpha value is -1.91. The summed E-state index contributed by atoms with van der Waals surface area (Å²) in [6.07, 6.45) is 0. The number of alkyl halides is 1. The van der Waals surface area contributed by atoms with Crippen molar-refractivity contribution in [2.24, 2.45) is 0 Å². The minimum Gasteiger partial charge on any atom is -0.459 e. The SMILES string of the molecule is CC(C)c1[nH]c(=O)cc2ccc(F)c(OCF)c12. The molecule has 0 atom stereocenters. The number of fused-ring (bicyclic) bond motifs is 1. The zero-order chi connectivity index (χ0) is 13.3. The molecular weight excluding hydrogens is 240 g/mol. The highest BCUT2D eigenvalue weighted by molar-refractivity contribution is 5.90. The van der Waals surface area contributed by atoms with Crippen LogP contribution in [0.3, 0.4) is 0 Å². The largest absolute Gasteiger partial charge is 0.459 e. The first-order valence-electron chi connectivity index (χ1n) is 5.58. The normalized spacial score (nSPS) is 11.2. The Labute approximate surface area is 102 Å². The monoisotopic (exact) mass is 253 g/mol. The van der Waals surface area contributed by atoms with Gasteiger partial charge in [0.2, 0.25) is 12.4 Å². The predicted octanol–water partition coefficient (Wildman–Crippen LogP) is 3.10. The van der Waals surface area contributed by atoms with Crippen molar-refractivity contribution in [1.82, 2.24) is 4.98 Å². The molecule has 0 amide bonds. The molecule has 18 heavy (non-hydrogen) atoms. The zero-order valence-corrected chi connectivity index (χ0v) is 10.1. The van der Waals surface area contributed by atoms with Gasteiger partial charge in [-0.2, -0.15) is 0 Å². The van der Waals surface area contributed by atoms with Gasteiger partial charge in [0.25, 0.3) is 0 Å². The summed E-state index contributed by atoms with van der Waals surface area (Å²) in [5.41, 5.74) is 0.268. The van der Waals surface area contributed by atoms with Crippen LogP contribution in [0.4, 0.5) is 8.78 Å². The van der Waals surface area contributed by atoms with Crippen LogP contribution >= 0.6 is 0 Å². The lowest BCUT2D eigenvalue weighted by Gasteiger charge is -2.13. The second kappa shape index (κ2) is 4.76. The number of aromatic amines is 1. The molecule has 5 heteroatoms. The Balaban J connectivity index is 2.88. The third kappa shape index (κ3) is 2.08. The van der Waals surface area contributed by atoms with E-state index in [0.29, 0.717) is 16.5 Å². The first-order valence-corrected chi connectivity index (χ1v) is 5.58. The second-order valence-electron chi connectivity index (χ2n) is 4.30. The number of hydrogen-bond acceptors (Lipinski definition) is 2. The topological polar surface area (TPSA) is 42.1 Å². The summed E-state index contributed by atoms with van der Waals surface area (Å²) in [4.78, 5) is 14.1. The van der Waals surface area contributed by atoms with E-state index < -0.39 is 12.7 Å². The van der Waals surface area contributed by atoms with Gasteiger partial charge in [0.1, 0.15) is 0 Å². The van der Waals surface area contributed by atoms with Crippen LogP contribution in [-0.2, 0) is 0 Å². The second-order valence-corrected chi connectivity index (χ2v) is 4.30. The fourth-order valence-electron chi connectivity index (χ4n) is 1.97. The van der Waals surface area contributed by atoms with Gasteiger partial charge in [-0.05, 0) is 17.4 Å². The average molecular weight is 253 g/mol. The molecule has 2 rings (SSSR count). The number of nitrogens with one attached hydrogen (secondary N) is 1. The lowest BCUT2D eigenvalue weighted by molar-refractivity contribution is 0.186. The highest BCUT2D eigenvalue weighted by Crippen LogP contribution is 2.33. The van der Waals surface area contributed by atoms with Crippen LogP contribution in [-0.4, -0.2) is 11.8 Å². The van der Waals surface area contributed by atoms with E-state index in [1.54, 1.807) is 0 Å². The smallest absolute Gasteiger partial charge is 0.248 e. The van der Waals surface area contributed by atoms with Gasteiger partial charge in [0.15, 0.2) is 11.6 Å². The molecule has 1 heterocycles. The van der Waals surface area contributed by atoms with Crippen LogP contribution in [0.1, 0.15) is 25.5 Å². The van der Waals surface area contributed by atoms with Crippen molar-refractivity contribution in [3.05, 3.63) is 40.1 Å². The van der Waals surface area contributed by atoms with Gasteiger partial charge in [0.05, 0.1) is 0 Å². The van der Waals surface area contributed by atoms with Crippen molar-refractivity contribution >= 4 is 10.8 Å². The number of rotatable bonds is 3. The molecule has 0 unspecified atom stereocenters. The molecule has 0 aliphatic carbocycles. The summed E-state index contributed by atoms with van der Waals surface area (Å²) in [5, 5.41) is 0.953. The molecule has 96 valence electrons. The number of ether oxygens (including phenoxy) is 1. The van der Waals surface area contributed by atoms with Crippen molar-refractivity contribution in [3.8, 4) is 5.75 Å². The maximum absolute atomic E-state index is 13.7. The summed E-state index contributed by atoms with van der Waals surface area (Å²) < 4.78 is 30.7. The molecule has 3 nitrogen and oxygen atoms in total. The maximum atomic E-state index is 13.7. The Morgan fingerprint density at radius 3 is 2.72 bits per heavy atom. The number of halogens is 2. The number of benzene rings is 1. The fraction of sp³-hybridized carbons (Fsp3) is 0.308. The van der Waals surface area contributed by atoms with Crippen LogP contribution in [0.25, 0.3) is 10.8 Å². The molecule has 0 spiro atoms. The molecule has 1 aromatic carbocycles. The summed E-state index contributed by atoms with van der Waals surface area (Å²) in [6, 6.07) is 3.99. The summed E-state index contributed by atoms with van der Waals surface area (Å²) in [6.45, 7) is 2.59. The lowest BCUT2D eigenvalue weighted by Crippen LogP contribution is -2.10. The first-order chi connectivity index (χ1) is 8.54. The first kappa shape index (κ1) is 12.5. The Kier molecular flexibility index (Phi) is 3.32. The standard InChI is InChI=1S/C13H13F2NO2/c1-7(2)12-11-8(5-10(17)16-12)3-4-9(15)13(11)18-6-14/h3-5,7H,6H2,1-2H3,(H,16,17). The molecule has 0 bridgehead atoms. The molecule has 0 saturated carbocycles. The van der Waals surface area contributed by atoms with Gasteiger partial charge in [-0.25, -0.2) is 8.78 Å². The summed E-state index contributed by atoms with van der Waals surface area (Å²) in [5.74, 6) is -0.839. The van der Waals surface area contributed by atoms with Crippen LogP contribution in [0.5, 0.6) is 5.75 Å². The molecule has 0 saturated heterocycles. The quantitative estimate of drug-likeness (QED) is 0.913. The van der Waals surface area contributed by atoms with E-state index in [4.69, 9.17) is 4.74 Å². The third-order valence-electron chi connectivity index (χ3n) is 2.73. The summed E-state index contributed by atoms with van der Waals surface area (Å²) >= 11 is 0. The van der Waals surface area contributed by atoms with E-state index in [1.165, 1.54) is 12.1 Å². The Morgan fingerprint density at radius 1 is 1.39 bits per heavy atom. The van der Waals surface area contributed by atoms with E-state index in [1.807, 2.05) is 13.8 Å². The average Bonchev–Trinajstić information content (AvgIpc) is 2.32. The third-order valence-corrected chi connectivity index (χ3v) is 2.73. The zero-order valence-electron chi connectivity index (χ0n) is 10.1. The Morgan fingerprint density at radius 2 is 2.11 bits per heavy atom. The van der Waals surface area contributed by atoms with Gasteiger partial charge in [-0.1, -0.05) is 19.9 Å². The van der Waals surface area contributed by atoms with E-state index in [-0.39, 0.29) is 17.2 Å². The van der Waals surface area contributed by atoms with E-state index in [0.717, 1.165) is 6.07 Å². The predicted molar refractivity (Wildman–Crippen MR) is 65.2 cm³/mol. The lowest BCUT2D eigenvalue weighted by atomic mass is 10.0. The number of aromatic nitrogens is 1. The van der Waals surface area contributed by atoms with Crippen molar-refractivity contribution < 1.29 is 13.5 Å². The molecule has 1 N–H and O–H groups in total. The number of H-pyrrole nitrogens is 1. The number of hydrogen-bond donors (Lipinski definition) is 1. The van der Waals surface area contributed by atoms with E-state index >= 15 is 0 Å². The van der Waals surface area contributed by atoms with Crippen molar-refractivity contribution in [2.75, 3.05) is 6.86 Å². The highest BCUT2D eigenvalue weighted by Gasteiger charge is 2.16. The van der Waals surface area contributed by atoms with Crippen LogP contribution in [0, 0.1) is 5.82 Å².